The zero-order valence-electron chi connectivity index (χ0n) is 13.2. The number of ether oxygens (including phenoxy) is 1. The van der Waals surface area contributed by atoms with E-state index in [1.54, 1.807) is 12.6 Å². The molecule has 0 radical (unpaired) electrons. The minimum atomic E-state index is 0.366. The van der Waals surface area contributed by atoms with E-state index >= 15 is 0 Å². The summed E-state index contributed by atoms with van der Waals surface area (Å²) in [6.45, 7) is 2.09. The highest BCUT2D eigenvalue weighted by atomic mass is 16.5. The SMILES string of the molecule is c1ccc(-c2nc(CNc3cc(C4CCOC4)ncn3)co2)cc1. The third kappa shape index (κ3) is 3.28. The van der Waals surface area contributed by atoms with Crippen LogP contribution in [0.15, 0.2) is 53.4 Å². The fourth-order valence-electron chi connectivity index (χ4n) is 2.74. The molecule has 3 heterocycles. The van der Waals surface area contributed by atoms with Crippen LogP contribution < -0.4 is 5.32 Å². The van der Waals surface area contributed by atoms with E-state index in [1.807, 2.05) is 36.4 Å². The van der Waals surface area contributed by atoms with Gasteiger partial charge in [0.05, 0.1) is 24.5 Å². The average Bonchev–Trinajstić information content (AvgIpc) is 3.33. The topological polar surface area (TPSA) is 73.1 Å². The predicted molar refractivity (Wildman–Crippen MR) is 89.5 cm³/mol. The zero-order valence-corrected chi connectivity index (χ0v) is 13.2. The molecule has 0 bridgehead atoms. The van der Waals surface area contributed by atoms with E-state index in [-0.39, 0.29) is 0 Å². The van der Waals surface area contributed by atoms with Crippen molar-refractivity contribution in [1.29, 1.82) is 0 Å². The van der Waals surface area contributed by atoms with Crippen molar-refractivity contribution in [3.05, 3.63) is 60.4 Å². The van der Waals surface area contributed by atoms with E-state index in [9.17, 15) is 0 Å². The molecule has 24 heavy (non-hydrogen) atoms. The van der Waals surface area contributed by atoms with Crippen LogP contribution in [0.2, 0.25) is 0 Å². The summed E-state index contributed by atoms with van der Waals surface area (Å²) < 4.78 is 11.0. The molecule has 2 aromatic heterocycles. The summed E-state index contributed by atoms with van der Waals surface area (Å²) in [5.41, 5.74) is 2.82. The van der Waals surface area contributed by atoms with Gasteiger partial charge >= 0.3 is 0 Å². The number of nitrogens with zero attached hydrogens (tertiary/aromatic N) is 3. The Kier molecular flexibility index (Phi) is 4.20. The molecule has 3 aromatic rings. The second-order valence-corrected chi connectivity index (χ2v) is 5.75. The number of aromatic nitrogens is 3. The van der Waals surface area contributed by atoms with Crippen molar-refractivity contribution >= 4 is 5.82 Å². The largest absolute Gasteiger partial charge is 0.444 e. The molecule has 0 saturated carbocycles. The highest BCUT2D eigenvalue weighted by Gasteiger charge is 2.19. The van der Waals surface area contributed by atoms with E-state index < -0.39 is 0 Å². The first-order valence-corrected chi connectivity index (χ1v) is 8.02. The molecule has 1 N–H and O–H groups in total. The Labute approximate surface area is 139 Å². The smallest absolute Gasteiger partial charge is 0.226 e. The number of hydrogen-bond donors (Lipinski definition) is 1. The summed E-state index contributed by atoms with van der Waals surface area (Å²) in [6.07, 6.45) is 4.27. The second kappa shape index (κ2) is 6.80. The molecule has 1 aliphatic heterocycles. The van der Waals surface area contributed by atoms with Crippen molar-refractivity contribution in [1.82, 2.24) is 15.0 Å². The van der Waals surface area contributed by atoms with Crippen molar-refractivity contribution < 1.29 is 9.15 Å². The van der Waals surface area contributed by atoms with Gasteiger partial charge in [-0.05, 0) is 18.6 Å². The van der Waals surface area contributed by atoms with Crippen molar-refractivity contribution in [2.75, 3.05) is 18.5 Å². The Morgan fingerprint density at radius 3 is 2.92 bits per heavy atom. The van der Waals surface area contributed by atoms with Crippen molar-refractivity contribution in [3.8, 4) is 11.5 Å². The second-order valence-electron chi connectivity index (χ2n) is 5.75. The van der Waals surface area contributed by atoms with Gasteiger partial charge in [-0.2, -0.15) is 0 Å². The van der Waals surface area contributed by atoms with Gasteiger partial charge in [0.2, 0.25) is 5.89 Å². The Bertz CT molecular complexity index is 798. The molecule has 1 saturated heterocycles. The van der Waals surface area contributed by atoms with E-state index in [2.05, 4.69) is 20.3 Å². The van der Waals surface area contributed by atoms with Gasteiger partial charge in [-0.15, -0.1) is 0 Å². The van der Waals surface area contributed by atoms with Crippen LogP contribution in [0.3, 0.4) is 0 Å². The first-order chi connectivity index (χ1) is 11.9. The van der Waals surface area contributed by atoms with E-state index in [0.717, 1.165) is 42.4 Å². The van der Waals surface area contributed by atoms with Gasteiger partial charge in [0, 0.05) is 24.2 Å². The van der Waals surface area contributed by atoms with Crippen LogP contribution in [0.4, 0.5) is 5.82 Å². The van der Waals surface area contributed by atoms with Crippen LogP contribution >= 0.6 is 0 Å². The predicted octanol–water partition coefficient (Wildman–Crippen LogP) is 3.25. The molecule has 0 aliphatic carbocycles. The normalized spacial score (nSPS) is 17.1. The third-order valence-corrected chi connectivity index (χ3v) is 4.06. The lowest BCUT2D eigenvalue weighted by Gasteiger charge is -2.09. The summed E-state index contributed by atoms with van der Waals surface area (Å²) in [5, 5.41) is 3.28. The van der Waals surface area contributed by atoms with Gasteiger partial charge in [-0.3, -0.25) is 0 Å². The van der Waals surface area contributed by atoms with Crippen LogP contribution in [0, 0.1) is 0 Å². The molecule has 122 valence electrons. The minimum Gasteiger partial charge on any atom is -0.444 e. The van der Waals surface area contributed by atoms with Crippen LogP contribution in [0.1, 0.15) is 23.7 Å². The van der Waals surface area contributed by atoms with Crippen LogP contribution in [0.25, 0.3) is 11.5 Å². The Hall–Kier alpha value is -2.73. The summed E-state index contributed by atoms with van der Waals surface area (Å²) >= 11 is 0. The molecule has 1 aliphatic rings. The molecule has 4 rings (SSSR count). The number of nitrogens with one attached hydrogen (secondary N) is 1. The lowest BCUT2D eigenvalue weighted by atomic mass is 10.1. The molecular formula is C18H18N4O2. The molecule has 6 heteroatoms. The molecule has 1 fully saturated rings. The molecule has 6 nitrogen and oxygen atoms in total. The number of oxazole rings is 1. The first-order valence-electron chi connectivity index (χ1n) is 8.02. The fraction of sp³-hybridized carbons (Fsp3) is 0.278. The van der Waals surface area contributed by atoms with Crippen molar-refractivity contribution in [2.24, 2.45) is 0 Å². The van der Waals surface area contributed by atoms with Gasteiger partial charge in [0.25, 0.3) is 0 Å². The van der Waals surface area contributed by atoms with Crippen LogP contribution in [-0.4, -0.2) is 28.2 Å². The van der Waals surface area contributed by atoms with Gasteiger partial charge in [0.15, 0.2) is 0 Å². The van der Waals surface area contributed by atoms with E-state index in [4.69, 9.17) is 9.15 Å². The lowest BCUT2D eigenvalue weighted by molar-refractivity contribution is 0.193. The zero-order chi connectivity index (χ0) is 16.2. The molecular weight excluding hydrogens is 304 g/mol. The Morgan fingerprint density at radius 1 is 1.17 bits per heavy atom. The van der Waals surface area contributed by atoms with E-state index in [1.165, 1.54) is 0 Å². The average molecular weight is 322 g/mol. The maximum atomic E-state index is 5.54. The highest BCUT2D eigenvalue weighted by Crippen LogP contribution is 2.24. The monoisotopic (exact) mass is 322 g/mol. The molecule has 1 aromatic carbocycles. The number of benzene rings is 1. The third-order valence-electron chi connectivity index (χ3n) is 4.06. The molecule has 1 unspecified atom stereocenters. The van der Waals surface area contributed by atoms with Gasteiger partial charge in [0.1, 0.15) is 18.4 Å². The minimum absolute atomic E-state index is 0.366. The fourth-order valence-corrected chi connectivity index (χ4v) is 2.74. The van der Waals surface area contributed by atoms with Gasteiger partial charge < -0.3 is 14.5 Å². The van der Waals surface area contributed by atoms with Crippen molar-refractivity contribution in [3.63, 3.8) is 0 Å². The maximum absolute atomic E-state index is 5.54. The van der Waals surface area contributed by atoms with E-state index in [0.29, 0.717) is 18.4 Å². The summed E-state index contributed by atoms with van der Waals surface area (Å²) in [5.74, 6) is 1.78. The molecule has 0 spiro atoms. The van der Waals surface area contributed by atoms with Crippen LogP contribution in [0.5, 0.6) is 0 Å². The summed E-state index contributed by atoms with van der Waals surface area (Å²) in [7, 11) is 0. The molecule has 0 amide bonds. The van der Waals surface area contributed by atoms with Crippen molar-refractivity contribution in [2.45, 2.75) is 18.9 Å². The summed E-state index contributed by atoms with van der Waals surface area (Å²) in [4.78, 5) is 13.1. The number of hydrogen-bond acceptors (Lipinski definition) is 6. The summed E-state index contributed by atoms with van der Waals surface area (Å²) in [6, 6.07) is 11.8. The Morgan fingerprint density at radius 2 is 2.08 bits per heavy atom. The maximum Gasteiger partial charge on any atom is 0.226 e. The first kappa shape index (κ1) is 14.8. The van der Waals surface area contributed by atoms with Gasteiger partial charge in [-0.1, -0.05) is 18.2 Å². The quantitative estimate of drug-likeness (QED) is 0.777. The Balaban J connectivity index is 1.42. The standard InChI is InChI=1S/C18H18N4O2/c1-2-4-13(5-3-1)18-22-15(11-24-18)9-19-17-8-16(20-12-21-17)14-6-7-23-10-14/h1-5,8,11-12,14H,6-7,9-10H2,(H,19,20,21). The highest BCUT2D eigenvalue weighted by molar-refractivity contribution is 5.52. The lowest BCUT2D eigenvalue weighted by Crippen LogP contribution is -2.06. The molecule has 1 atom stereocenters. The van der Waals surface area contributed by atoms with Crippen LogP contribution in [-0.2, 0) is 11.3 Å². The number of anilines is 1. The van der Waals surface area contributed by atoms with Gasteiger partial charge in [-0.25, -0.2) is 15.0 Å². The number of rotatable bonds is 5.